The summed E-state index contributed by atoms with van der Waals surface area (Å²) in [5.41, 5.74) is 2.17. The van der Waals surface area contributed by atoms with Crippen LogP contribution in [-0.4, -0.2) is 26.5 Å². The van der Waals surface area contributed by atoms with Crippen LogP contribution >= 0.6 is 0 Å². The van der Waals surface area contributed by atoms with Crippen molar-refractivity contribution in [2.75, 3.05) is 0 Å². The zero-order valence-corrected chi connectivity index (χ0v) is 13.5. The number of rotatable bonds is 4. The molecule has 2 N–H and O–H groups in total. The Bertz CT molecular complexity index is 725. The van der Waals surface area contributed by atoms with Crippen molar-refractivity contribution in [3.05, 3.63) is 29.8 Å². The molecular formula is C17H21N5O. The monoisotopic (exact) mass is 311 g/mol. The Morgan fingerprint density at radius 1 is 1.30 bits per heavy atom. The lowest BCUT2D eigenvalue weighted by Crippen LogP contribution is -2.46. The number of nitrogens with zero attached hydrogens (tertiary/aromatic N) is 3. The van der Waals surface area contributed by atoms with Gasteiger partial charge in [0.15, 0.2) is 0 Å². The van der Waals surface area contributed by atoms with Crippen LogP contribution in [0.25, 0.3) is 11.4 Å². The van der Waals surface area contributed by atoms with Gasteiger partial charge in [0.2, 0.25) is 11.7 Å². The molecule has 2 aliphatic carbocycles. The van der Waals surface area contributed by atoms with Crippen LogP contribution in [0.2, 0.25) is 0 Å². The molecule has 23 heavy (non-hydrogen) atoms. The zero-order valence-electron chi connectivity index (χ0n) is 13.5. The second kappa shape index (κ2) is 4.88. The zero-order chi connectivity index (χ0) is 16.1. The van der Waals surface area contributed by atoms with Crippen LogP contribution in [0.1, 0.15) is 45.1 Å². The van der Waals surface area contributed by atoms with Gasteiger partial charge >= 0.3 is 0 Å². The maximum atomic E-state index is 12.5. The van der Waals surface area contributed by atoms with Crippen LogP contribution in [0, 0.1) is 11.3 Å². The van der Waals surface area contributed by atoms with Gasteiger partial charge in [0.25, 0.3) is 0 Å². The van der Waals surface area contributed by atoms with Gasteiger partial charge < -0.3 is 5.32 Å². The van der Waals surface area contributed by atoms with E-state index >= 15 is 0 Å². The number of carbonyl (C=O) groups excluding carboxylic acids is 1. The molecule has 2 aromatic rings. The van der Waals surface area contributed by atoms with Crippen molar-refractivity contribution in [3.63, 3.8) is 0 Å². The second-order valence-electron chi connectivity index (χ2n) is 7.66. The van der Waals surface area contributed by atoms with Crippen LogP contribution in [-0.2, 0) is 10.3 Å². The van der Waals surface area contributed by atoms with E-state index < -0.39 is 0 Å². The van der Waals surface area contributed by atoms with E-state index in [-0.39, 0.29) is 17.4 Å². The third kappa shape index (κ3) is 2.62. The summed E-state index contributed by atoms with van der Waals surface area (Å²) in [6.45, 7) is 4.44. The molecule has 1 amide bonds. The van der Waals surface area contributed by atoms with E-state index in [1.54, 1.807) is 0 Å². The van der Waals surface area contributed by atoms with Crippen LogP contribution in [0.15, 0.2) is 24.3 Å². The van der Waals surface area contributed by atoms with E-state index in [1.165, 1.54) is 0 Å². The summed E-state index contributed by atoms with van der Waals surface area (Å²) >= 11 is 0. The molecule has 0 unspecified atom stereocenters. The van der Waals surface area contributed by atoms with Crippen molar-refractivity contribution in [2.24, 2.45) is 11.3 Å². The number of carbonyl (C=O) groups is 1. The molecule has 1 aromatic carbocycles. The maximum absolute atomic E-state index is 12.5. The standard InChI is InChI=1S/C17H21N5O/c1-16(2)9-12(10-16)15(23)18-17(6-7-17)13-5-3-4-11(8-13)14-19-21-22-20-14/h3-5,8,12H,6-7,9-10H2,1-2H3,(H,18,23)(H,19,20,21,22). The molecule has 0 aliphatic heterocycles. The molecule has 1 aromatic heterocycles. The number of tetrazole rings is 1. The van der Waals surface area contributed by atoms with Crippen molar-refractivity contribution in [3.8, 4) is 11.4 Å². The first-order chi connectivity index (χ1) is 11.0. The van der Waals surface area contributed by atoms with Gasteiger partial charge in [-0.15, -0.1) is 10.2 Å². The van der Waals surface area contributed by atoms with Crippen LogP contribution < -0.4 is 5.32 Å². The summed E-state index contributed by atoms with van der Waals surface area (Å²) in [7, 11) is 0. The summed E-state index contributed by atoms with van der Waals surface area (Å²) in [6.07, 6.45) is 3.95. The van der Waals surface area contributed by atoms with E-state index in [1.807, 2.05) is 12.1 Å². The maximum Gasteiger partial charge on any atom is 0.223 e. The Labute approximate surface area is 135 Å². The highest BCUT2D eigenvalue weighted by Crippen LogP contribution is 2.49. The molecule has 6 heteroatoms. The van der Waals surface area contributed by atoms with Gasteiger partial charge in [0.05, 0.1) is 5.54 Å². The molecule has 0 radical (unpaired) electrons. The summed E-state index contributed by atoms with van der Waals surface area (Å²) in [5, 5.41) is 17.4. The summed E-state index contributed by atoms with van der Waals surface area (Å²) < 4.78 is 0. The number of H-pyrrole nitrogens is 1. The third-order valence-electron chi connectivity index (χ3n) is 5.10. The van der Waals surface area contributed by atoms with Crippen LogP contribution in [0.3, 0.4) is 0 Å². The lowest BCUT2D eigenvalue weighted by molar-refractivity contribution is -0.132. The first-order valence-corrected chi connectivity index (χ1v) is 8.14. The Hall–Kier alpha value is -2.24. The number of benzene rings is 1. The fourth-order valence-corrected chi connectivity index (χ4v) is 3.65. The van der Waals surface area contributed by atoms with Crippen LogP contribution in [0.5, 0.6) is 0 Å². The molecule has 2 aliphatic rings. The van der Waals surface area contributed by atoms with Gasteiger partial charge in [0.1, 0.15) is 0 Å². The van der Waals surface area contributed by atoms with Crippen molar-refractivity contribution in [1.29, 1.82) is 0 Å². The minimum atomic E-state index is -0.198. The number of hydrogen-bond acceptors (Lipinski definition) is 4. The Morgan fingerprint density at radius 2 is 2.09 bits per heavy atom. The lowest BCUT2D eigenvalue weighted by atomic mass is 9.64. The number of aromatic amines is 1. The predicted molar refractivity (Wildman–Crippen MR) is 85.2 cm³/mol. The number of aromatic nitrogens is 4. The fraction of sp³-hybridized carbons (Fsp3) is 0.529. The topological polar surface area (TPSA) is 83.6 Å². The van der Waals surface area contributed by atoms with Gasteiger partial charge in [0, 0.05) is 11.5 Å². The van der Waals surface area contributed by atoms with Crippen molar-refractivity contribution in [1.82, 2.24) is 25.9 Å². The largest absolute Gasteiger partial charge is 0.346 e. The molecule has 0 atom stereocenters. The predicted octanol–water partition coefficient (Wildman–Crippen LogP) is 2.41. The molecule has 2 saturated carbocycles. The van der Waals surface area contributed by atoms with Crippen molar-refractivity contribution in [2.45, 2.75) is 45.1 Å². The van der Waals surface area contributed by atoms with Gasteiger partial charge in [-0.25, -0.2) is 0 Å². The molecule has 0 bridgehead atoms. The Morgan fingerprint density at radius 3 is 2.70 bits per heavy atom. The molecule has 6 nitrogen and oxygen atoms in total. The Balaban J connectivity index is 1.51. The smallest absolute Gasteiger partial charge is 0.223 e. The molecule has 4 rings (SSSR count). The quantitative estimate of drug-likeness (QED) is 0.908. The summed E-state index contributed by atoms with van der Waals surface area (Å²) in [4.78, 5) is 12.5. The van der Waals surface area contributed by atoms with E-state index in [0.29, 0.717) is 11.2 Å². The van der Waals surface area contributed by atoms with E-state index in [2.05, 4.69) is 51.9 Å². The molecule has 0 spiro atoms. The number of hydrogen-bond donors (Lipinski definition) is 2. The lowest BCUT2D eigenvalue weighted by Gasteiger charge is -2.42. The highest BCUT2D eigenvalue weighted by atomic mass is 16.2. The molecule has 120 valence electrons. The van der Waals surface area contributed by atoms with Crippen LogP contribution in [0.4, 0.5) is 0 Å². The fourth-order valence-electron chi connectivity index (χ4n) is 3.65. The van der Waals surface area contributed by atoms with Crippen molar-refractivity contribution >= 4 is 5.91 Å². The normalized spacial score (nSPS) is 21.5. The molecular weight excluding hydrogens is 290 g/mol. The van der Waals surface area contributed by atoms with Crippen molar-refractivity contribution < 1.29 is 4.79 Å². The minimum absolute atomic E-state index is 0.169. The van der Waals surface area contributed by atoms with E-state index in [9.17, 15) is 4.79 Å². The van der Waals surface area contributed by atoms with Gasteiger partial charge in [-0.2, -0.15) is 5.21 Å². The third-order valence-corrected chi connectivity index (χ3v) is 5.10. The Kier molecular flexibility index (Phi) is 3.04. The average molecular weight is 311 g/mol. The highest BCUT2D eigenvalue weighted by molar-refractivity contribution is 5.81. The average Bonchev–Trinajstić information content (AvgIpc) is 3.08. The summed E-state index contributed by atoms with van der Waals surface area (Å²) in [6, 6.07) is 8.07. The number of amides is 1. The van der Waals surface area contributed by atoms with Gasteiger partial charge in [-0.1, -0.05) is 32.0 Å². The van der Waals surface area contributed by atoms with Gasteiger partial charge in [-0.3, -0.25) is 4.79 Å². The second-order valence-corrected chi connectivity index (χ2v) is 7.66. The molecule has 1 heterocycles. The summed E-state index contributed by atoms with van der Waals surface area (Å²) in [5.74, 6) is 0.948. The number of nitrogens with one attached hydrogen (secondary N) is 2. The van der Waals surface area contributed by atoms with E-state index in [4.69, 9.17) is 0 Å². The van der Waals surface area contributed by atoms with Gasteiger partial charge in [-0.05, 0) is 47.9 Å². The SMILES string of the molecule is CC1(C)CC(C(=O)NC2(c3cccc(-c4nn[nH]n4)c3)CC2)C1. The molecule has 2 fully saturated rings. The van der Waals surface area contributed by atoms with E-state index in [0.717, 1.165) is 36.8 Å². The first kappa shape index (κ1) is 14.4. The highest BCUT2D eigenvalue weighted by Gasteiger charge is 2.49. The minimum Gasteiger partial charge on any atom is -0.346 e. The molecule has 0 saturated heterocycles. The first-order valence-electron chi connectivity index (χ1n) is 8.14.